The van der Waals surface area contributed by atoms with Gasteiger partial charge in [-0.2, -0.15) is 0 Å². The van der Waals surface area contributed by atoms with Crippen molar-refractivity contribution in [1.29, 1.82) is 0 Å². The summed E-state index contributed by atoms with van der Waals surface area (Å²) in [5, 5.41) is 0. The Hall–Kier alpha value is -2.30. The van der Waals surface area contributed by atoms with Crippen LogP contribution in [0.3, 0.4) is 0 Å². The van der Waals surface area contributed by atoms with Gasteiger partial charge in [-0.25, -0.2) is 8.42 Å². The molecular weight excluding hydrogens is 428 g/mol. The van der Waals surface area contributed by atoms with Crippen LogP contribution in [0.4, 0.5) is 0 Å². The van der Waals surface area contributed by atoms with E-state index in [1.54, 1.807) is 12.1 Å². The number of rotatable bonds is 7. The van der Waals surface area contributed by atoms with Crippen LogP contribution in [0.2, 0.25) is 0 Å². The molecule has 0 saturated heterocycles. The topological polar surface area (TPSA) is 103 Å². The van der Waals surface area contributed by atoms with Gasteiger partial charge in [-0.15, -0.1) is 4.83 Å². The molecule has 10 heteroatoms. The Morgan fingerprint density at radius 3 is 1.96 bits per heavy atom. The predicted octanol–water partition coefficient (Wildman–Crippen LogP) is 2.10. The Morgan fingerprint density at radius 1 is 0.962 bits per heavy atom. The average molecular weight is 445 g/mol. The number of methoxy groups -OCH3 is 3. The fourth-order valence-electron chi connectivity index (χ4n) is 2.07. The molecule has 0 aliphatic heterocycles. The van der Waals surface area contributed by atoms with Crippen LogP contribution >= 0.6 is 15.9 Å². The Balaban J connectivity index is 2.21. The number of halogens is 1. The molecule has 0 aliphatic carbocycles. The first-order chi connectivity index (χ1) is 12.3. The standard InChI is InChI=1S/C16H17BrN2O6S/c1-23-13-8-10(9-14(24-2)15(13)25-3)16(20)18-19-26(21,22)12-6-4-11(17)5-7-12/h4-9,19H,1-3H3,(H,18,20). The third-order valence-electron chi connectivity index (χ3n) is 3.35. The normalized spacial score (nSPS) is 10.9. The maximum atomic E-state index is 12.3. The number of hydrogen-bond donors (Lipinski definition) is 2. The lowest BCUT2D eigenvalue weighted by atomic mass is 10.1. The zero-order valence-electron chi connectivity index (χ0n) is 14.2. The smallest absolute Gasteiger partial charge is 0.266 e. The van der Waals surface area contributed by atoms with E-state index in [0.717, 1.165) is 4.47 Å². The molecule has 26 heavy (non-hydrogen) atoms. The monoisotopic (exact) mass is 444 g/mol. The van der Waals surface area contributed by atoms with Crippen LogP contribution in [0.1, 0.15) is 10.4 Å². The second-order valence-electron chi connectivity index (χ2n) is 4.93. The summed E-state index contributed by atoms with van der Waals surface area (Å²) >= 11 is 3.22. The zero-order valence-corrected chi connectivity index (χ0v) is 16.6. The van der Waals surface area contributed by atoms with Gasteiger partial charge in [0.1, 0.15) is 0 Å². The molecular formula is C16H17BrN2O6S. The Morgan fingerprint density at radius 2 is 1.50 bits per heavy atom. The molecule has 0 bridgehead atoms. The summed E-state index contributed by atoms with van der Waals surface area (Å²) in [5.41, 5.74) is 2.28. The molecule has 140 valence electrons. The quantitative estimate of drug-likeness (QED) is 0.633. The molecule has 0 atom stereocenters. The van der Waals surface area contributed by atoms with Gasteiger partial charge < -0.3 is 14.2 Å². The lowest BCUT2D eigenvalue weighted by molar-refractivity contribution is 0.0944. The lowest BCUT2D eigenvalue weighted by Crippen LogP contribution is -2.41. The van der Waals surface area contributed by atoms with Crippen LogP contribution in [0, 0.1) is 0 Å². The first-order valence-electron chi connectivity index (χ1n) is 7.20. The first kappa shape index (κ1) is 20.0. The van der Waals surface area contributed by atoms with Gasteiger partial charge in [0, 0.05) is 10.0 Å². The Bertz CT molecular complexity index is 874. The molecule has 0 spiro atoms. The van der Waals surface area contributed by atoms with E-state index >= 15 is 0 Å². The molecule has 0 unspecified atom stereocenters. The second-order valence-corrected chi connectivity index (χ2v) is 7.53. The van der Waals surface area contributed by atoms with Crippen molar-refractivity contribution in [2.45, 2.75) is 4.90 Å². The molecule has 8 nitrogen and oxygen atoms in total. The lowest BCUT2D eigenvalue weighted by Gasteiger charge is -2.14. The van der Waals surface area contributed by atoms with Gasteiger partial charge >= 0.3 is 0 Å². The number of amides is 1. The number of nitrogens with one attached hydrogen (secondary N) is 2. The first-order valence-corrected chi connectivity index (χ1v) is 9.47. The van der Waals surface area contributed by atoms with Gasteiger partial charge in [-0.3, -0.25) is 10.2 Å². The minimum absolute atomic E-state index is 0.00546. The Kier molecular flexibility index (Phi) is 6.46. The third kappa shape index (κ3) is 4.45. The molecule has 1 amide bonds. The minimum Gasteiger partial charge on any atom is -0.493 e. The molecule has 2 rings (SSSR count). The molecule has 2 N–H and O–H groups in total. The SMILES string of the molecule is COc1cc(C(=O)NNS(=O)(=O)c2ccc(Br)cc2)cc(OC)c1OC. The van der Waals surface area contributed by atoms with E-state index in [2.05, 4.69) is 21.4 Å². The summed E-state index contributed by atoms with van der Waals surface area (Å²) in [6.45, 7) is 0. The summed E-state index contributed by atoms with van der Waals surface area (Å²) in [6.07, 6.45) is 0. The highest BCUT2D eigenvalue weighted by Gasteiger charge is 2.19. The fourth-order valence-corrected chi connectivity index (χ4v) is 3.17. The van der Waals surface area contributed by atoms with E-state index in [1.165, 1.54) is 45.6 Å². The minimum atomic E-state index is -3.91. The molecule has 0 fully saturated rings. The van der Waals surface area contributed by atoms with Gasteiger partial charge in [-0.05, 0) is 36.4 Å². The van der Waals surface area contributed by atoms with E-state index in [0.29, 0.717) is 5.75 Å². The molecule has 0 radical (unpaired) electrons. The molecule has 0 saturated carbocycles. The summed E-state index contributed by atoms with van der Waals surface area (Å²) in [5.74, 6) is 0.174. The van der Waals surface area contributed by atoms with Crippen LogP contribution in [-0.2, 0) is 10.0 Å². The van der Waals surface area contributed by atoms with Crippen molar-refractivity contribution in [1.82, 2.24) is 10.3 Å². The van der Waals surface area contributed by atoms with Crippen LogP contribution in [0.15, 0.2) is 45.8 Å². The van der Waals surface area contributed by atoms with Gasteiger partial charge in [0.2, 0.25) is 5.75 Å². The van der Waals surface area contributed by atoms with Crippen molar-refractivity contribution in [2.24, 2.45) is 0 Å². The largest absolute Gasteiger partial charge is 0.493 e. The van der Waals surface area contributed by atoms with Gasteiger partial charge in [0.05, 0.1) is 26.2 Å². The fraction of sp³-hybridized carbons (Fsp3) is 0.188. The van der Waals surface area contributed by atoms with Crippen LogP contribution in [0.25, 0.3) is 0 Å². The maximum Gasteiger partial charge on any atom is 0.266 e. The zero-order chi connectivity index (χ0) is 19.3. The van der Waals surface area contributed by atoms with Gasteiger partial charge in [-0.1, -0.05) is 15.9 Å². The third-order valence-corrected chi connectivity index (χ3v) is 5.14. The molecule has 0 aromatic heterocycles. The highest BCUT2D eigenvalue weighted by molar-refractivity contribution is 9.10. The molecule has 0 heterocycles. The van der Waals surface area contributed by atoms with Crippen molar-refractivity contribution < 1.29 is 27.4 Å². The van der Waals surface area contributed by atoms with Crippen molar-refractivity contribution in [3.63, 3.8) is 0 Å². The average Bonchev–Trinajstić information content (AvgIpc) is 2.65. The van der Waals surface area contributed by atoms with E-state index in [4.69, 9.17) is 14.2 Å². The van der Waals surface area contributed by atoms with Crippen molar-refractivity contribution in [3.05, 3.63) is 46.4 Å². The molecule has 2 aromatic rings. The van der Waals surface area contributed by atoms with Crippen LogP contribution < -0.4 is 24.5 Å². The predicted molar refractivity (Wildman–Crippen MR) is 98.0 cm³/mol. The van der Waals surface area contributed by atoms with E-state index in [9.17, 15) is 13.2 Å². The maximum absolute atomic E-state index is 12.3. The van der Waals surface area contributed by atoms with Crippen molar-refractivity contribution >= 4 is 31.9 Å². The van der Waals surface area contributed by atoms with Crippen molar-refractivity contribution in [3.8, 4) is 17.2 Å². The van der Waals surface area contributed by atoms with E-state index in [1.807, 2.05) is 4.83 Å². The van der Waals surface area contributed by atoms with Gasteiger partial charge in [0.25, 0.3) is 15.9 Å². The highest BCUT2D eigenvalue weighted by atomic mass is 79.9. The molecule has 2 aromatic carbocycles. The van der Waals surface area contributed by atoms with Crippen LogP contribution in [-0.4, -0.2) is 35.7 Å². The summed E-state index contributed by atoms with van der Waals surface area (Å²) in [6, 6.07) is 8.77. The Labute approximate surface area is 159 Å². The number of carbonyl (C=O) groups is 1. The molecule has 0 aliphatic rings. The number of benzene rings is 2. The van der Waals surface area contributed by atoms with Gasteiger partial charge in [0.15, 0.2) is 11.5 Å². The number of sulfonamides is 1. The number of hydrazine groups is 1. The van der Waals surface area contributed by atoms with E-state index in [-0.39, 0.29) is 22.0 Å². The second kappa shape index (κ2) is 8.39. The summed E-state index contributed by atoms with van der Waals surface area (Å²) in [7, 11) is 0.347. The number of hydrogen-bond acceptors (Lipinski definition) is 6. The highest BCUT2D eigenvalue weighted by Crippen LogP contribution is 2.38. The number of carbonyl (C=O) groups excluding carboxylic acids is 1. The summed E-state index contributed by atoms with van der Waals surface area (Å²) in [4.78, 5) is 14.4. The number of ether oxygens (including phenoxy) is 3. The van der Waals surface area contributed by atoms with E-state index < -0.39 is 15.9 Å². The summed E-state index contributed by atoms with van der Waals surface area (Å²) < 4.78 is 40.7. The van der Waals surface area contributed by atoms with Crippen molar-refractivity contribution in [2.75, 3.05) is 21.3 Å². The van der Waals surface area contributed by atoms with Crippen LogP contribution in [0.5, 0.6) is 17.2 Å².